The molecule has 3 heterocycles. The summed E-state index contributed by atoms with van der Waals surface area (Å²) in [5.74, 6) is 0.195. The highest BCUT2D eigenvalue weighted by atomic mass is 32.2. The van der Waals surface area contributed by atoms with Crippen molar-refractivity contribution in [3.63, 3.8) is 0 Å². The molecule has 0 amide bonds. The summed E-state index contributed by atoms with van der Waals surface area (Å²) in [6.07, 6.45) is -6.02. The number of sulfonamides is 1. The van der Waals surface area contributed by atoms with E-state index in [4.69, 9.17) is 4.74 Å². The number of ether oxygens (including phenoxy) is 1. The molecule has 7 nitrogen and oxygen atoms in total. The molecular weight excluding hydrogens is 443 g/mol. The molecule has 2 unspecified atom stereocenters. The van der Waals surface area contributed by atoms with Gasteiger partial charge in [-0.3, -0.25) is 4.90 Å². The second-order valence-electron chi connectivity index (χ2n) is 6.88. The summed E-state index contributed by atoms with van der Waals surface area (Å²) >= 11 is 1.16. The van der Waals surface area contributed by atoms with Gasteiger partial charge in [0.1, 0.15) is 22.4 Å². The molecular formula is C18H18F3N3O4S2. The van der Waals surface area contributed by atoms with Crippen molar-refractivity contribution in [1.29, 1.82) is 0 Å². The number of oxime groups is 1. The normalized spacial score (nSPS) is 22.5. The van der Waals surface area contributed by atoms with E-state index in [1.54, 1.807) is 30.5 Å². The molecule has 0 aliphatic carbocycles. The number of hydrogen-bond donors (Lipinski definition) is 0. The number of thiophene rings is 1. The molecule has 2 aliphatic rings. The number of rotatable bonds is 5. The maximum Gasteiger partial charge on any atom is 0.448 e. The van der Waals surface area contributed by atoms with Gasteiger partial charge >= 0.3 is 12.4 Å². The van der Waals surface area contributed by atoms with Crippen molar-refractivity contribution in [3.05, 3.63) is 41.3 Å². The van der Waals surface area contributed by atoms with Gasteiger partial charge in [-0.1, -0.05) is 17.3 Å². The van der Waals surface area contributed by atoms with Crippen molar-refractivity contribution in [2.75, 3.05) is 18.0 Å². The third-order valence-electron chi connectivity index (χ3n) is 4.80. The monoisotopic (exact) mass is 461 g/mol. The zero-order chi connectivity index (χ0) is 21.5. The first-order chi connectivity index (χ1) is 14.2. The lowest BCUT2D eigenvalue weighted by Gasteiger charge is -2.26. The highest BCUT2D eigenvalue weighted by molar-refractivity contribution is 7.91. The van der Waals surface area contributed by atoms with Crippen molar-refractivity contribution >= 4 is 33.4 Å². The van der Waals surface area contributed by atoms with Gasteiger partial charge in [-0.05, 0) is 42.5 Å². The smallest absolute Gasteiger partial charge is 0.448 e. The minimum atomic E-state index is -4.65. The number of hydrogen-bond acceptors (Lipinski definition) is 7. The molecule has 2 aliphatic heterocycles. The van der Waals surface area contributed by atoms with E-state index in [-0.39, 0.29) is 24.5 Å². The highest BCUT2D eigenvalue weighted by Gasteiger charge is 2.49. The largest absolute Gasteiger partial charge is 0.487 e. The average Bonchev–Trinajstić information content (AvgIpc) is 3.42. The number of para-hydroxylation sites is 2. The third-order valence-corrected chi connectivity index (χ3v) is 8.33. The average molecular weight is 461 g/mol. The third kappa shape index (κ3) is 3.86. The van der Waals surface area contributed by atoms with Crippen molar-refractivity contribution < 1.29 is 31.2 Å². The van der Waals surface area contributed by atoms with Crippen LogP contribution in [0.3, 0.4) is 0 Å². The summed E-state index contributed by atoms with van der Waals surface area (Å²) in [5, 5.41) is 5.00. The lowest BCUT2D eigenvalue weighted by molar-refractivity contribution is -0.211. The Labute approximate surface area is 175 Å². The van der Waals surface area contributed by atoms with Crippen LogP contribution in [0.1, 0.15) is 12.0 Å². The van der Waals surface area contributed by atoms with E-state index in [1.165, 1.54) is 16.4 Å². The first-order valence-corrected chi connectivity index (χ1v) is 11.3. The molecule has 0 saturated carbocycles. The summed E-state index contributed by atoms with van der Waals surface area (Å²) in [4.78, 5) is 5.29. The Morgan fingerprint density at radius 3 is 2.73 bits per heavy atom. The van der Waals surface area contributed by atoms with E-state index < -0.39 is 28.5 Å². The Hall–Kier alpha value is -2.31. The topological polar surface area (TPSA) is 71.4 Å². The zero-order valence-electron chi connectivity index (χ0n) is 15.7. The number of anilines is 1. The van der Waals surface area contributed by atoms with Crippen LogP contribution >= 0.6 is 11.3 Å². The number of benzene rings is 1. The van der Waals surface area contributed by atoms with Gasteiger partial charge in [0.15, 0.2) is 0 Å². The van der Waals surface area contributed by atoms with E-state index in [9.17, 15) is 21.6 Å². The second-order valence-corrected chi connectivity index (χ2v) is 9.93. The number of alkyl halides is 3. The molecule has 2 atom stereocenters. The molecule has 0 spiro atoms. The van der Waals surface area contributed by atoms with Crippen molar-refractivity contribution in [2.45, 2.75) is 36.1 Å². The van der Waals surface area contributed by atoms with E-state index in [1.807, 2.05) is 0 Å². The van der Waals surface area contributed by atoms with Gasteiger partial charge in [0.25, 0.3) is 10.0 Å². The SMILES string of the molecule is Cc1ccsc1S(=O)(=O)N1CCC(Oc2ccccc2N2C=NOC2C(F)(F)F)C1. The minimum Gasteiger partial charge on any atom is -0.487 e. The predicted molar refractivity (Wildman–Crippen MR) is 105 cm³/mol. The van der Waals surface area contributed by atoms with Crippen molar-refractivity contribution in [2.24, 2.45) is 5.16 Å². The van der Waals surface area contributed by atoms with Gasteiger partial charge in [-0.15, -0.1) is 11.3 Å². The van der Waals surface area contributed by atoms with Gasteiger partial charge in [-0.25, -0.2) is 8.42 Å². The molecule has 2 aromatic rings. The van der Waals surface area contributed by atoms with Gasteiger partial charge in [0, 0.05) is 6.54 Å². The number of halogens is 3. The molecule has 4 rings (SSSR count). The fourth-order valence-corrected chi connectivity index (χ4v) is 6.39. The van der Waals surface area contributed by atoms with Crippen molar-refractivity contribution in [1.82, 2.24) is 4.31 Å². The van der Waals surface area contributed by atoms with Crippen LogP contribution in [0.15, 0.2) is 45.1 Å². The molecule has 1 saturated heterocycles. The van der Waals surface area contributed by atoms with Gasteiger partial charge in [0.05, 0.1) is 12.2 Å². The van der Waals surface area contributed by atoms with Crippen LogP contribution in [0, 0.1) is 6.92 Å². The lowest BCUT2D eigenvalue weighted by atomic mass is 10.2. The Bertz CT molecular complexity index is 1050. The van der Waals surface area contributed by atoms with Crippen LogP contribution in [0.5, 0.6) is 5.75 Å². The molecule has 1 fully saturated rings. The first kappa shape index (κ1) is 20.9. The van der Waals surface area contributed by atoms with E-state index in [0.29, 0.717) is 16.2 Å². The lowest BCUT2D eigenvalue weighted by Crippen LogP contribution is -2.43. The number of aryl methyl sites for hydroxylation is 1. The van der Waals surface area contributed by atoms with Crippen LogP contribution in [0.4, 0.5) is 18.9 Å². The summed E-state index contributed by atoms with van der Waals surface area (Å²) in [6, 6.07) is 7.96. The van der Waals surface area contributed by atoms with Gasteiger partial charge in [0.2, 0.25) is 0 Å². The summed E-state index contributed by atoms with van der Waals surface area (Å²) < 4.78 is 72.9. The number of nitrogens with zero attached hydrogens (tertiary/aromatic N) is 3. The molecule has 0 bridgehead atoms. The Balaban J connectivity index is 1.52. The highest BCUT2D eigenvalue weighted by Crippen LogP contribution is 2.37. The molecule has 1 aromatic carbocycles. The fourth-order valence-electron chi connectivity index (χ4n) is 3.36. The molecule has 30 heavy (non-hydrogen) atoms. The molecule has 0 radical (unpaired) electrons. The second kappa shape index (κ2) is 7.75. The van der Waals surface area contributed by atoms with Crippen LogP contribution in [-0.2, 0) is 14.9 Å². The molecule has 12 heteroatoms. The minimum absolute atomic E-state index is 0.112. The standard InChI is InChI=1S/C18H18F3N3O4S2/c1-12-7-9-29-16(12)30(25,26)23-8-6-13(10-23)27-15-5-3-2-4-14(15)24-11-22-28-17(24)18(19,20)21/h2-5,7,9,11,13,17H,6,8,10H2,1H3. The van der Waals surface area contributed by atoms with Crippen LogP contribution in [0.25, 0.3) is 0 Å². The van der Waals surface area contributed by atoms with E-state index >= 15 is 0 Å². The Morgan fingerprint density at radius 2 is 2.03 bits per heavy atom. The fraction of sp³-hybridized carbons (Fsp3) is 0.389. The predicted octanol–water partition coefficient (Wildman–Crippen LogP) is 3.57. The van der Waals surface area contributed by atoms with Gasteiger partial charge in [-0.2, -0.15) is 17.5 Å². The van der Waals surface area contributed by atoms with Crippen molar-refractivity contribution in [3.8, 4) is 5.75 Å². The Morgan fingerprint density at radius 1 is 1.27 bits per heavy atom. The maximum atomic E-state index is 13.2. The zero-order valence-corrected chi connectivity index (χ0v) is 17.4. The van der Waals surface area contributed by atoms with Crippen LogP contribution < -0.4 is 9.64 Å². The maximum absolute atomic E-state index is 13.2. The first-order valence-electron chi connectivity index (χ1n) is 9.02. The van der Waals surface area contributed by atoms with E-state index in [2.05, 4.69) is 9.99 Å². The van der Waals surface area contributed by atoms with Gasteiger partial charge < -0.3 is 9.57 Å². The molecule has 1 aromatic heterocycles. The van der Waals surface area contributed by atoms with Crippen LogP contribution in [0.2, 0.25) is 0 Å². The quantitative estimate of drug-likeness (QED) is 0.681. The van der Waals surface area contributed by atoms with E-state index in [0.717, 1.165) is 22.6 Å². The molecule has 162 valence electrons. The summed E-state index contributed by atoms with van der Waals surface area (Å²) in [6.45, 7) is 2.12. The van der Waals surface area contributed by atoms with Crippen LogP contribution in [-0.4, -0.2) is 50.7 Å². The summed E-state index contributed by atoms with van der Waals surface area (Å²) in [7, 11) is -3.63. The summed E-state index contributed by atoms with van der Waals surface area (Å²) in [5.41, 5.74) is 0.817. The Kier molecular flexibility index (Phi) is 5.41. The molecule has 0 N–H and O–H groups in total.